The van der Waals surface area contributed by atoms with Gasteiger partial charge in [0.25, 0.3) is 0 Å². The van der Waals surface area contributed by atoms with Crippen LogP contribution in [-0.4, -0.2) is 24.4 Å². The molecule has 0 N–H and O–H groups in total. The number of hydrogen-bond acceptors (Lipinski definition) is 4. The van der Waals surface area contributed by atoms with Gasteiger partial charge in [0.2, 0.25) is 0 Å². The maximum absolute atomic E-state index is 9.97. The van der Waals surface area contributed by atoms with E-state index in [1.807, 2.05) is 53.2 Å². The lowest BCUT2D eigenvalue weighted by Gasteiger charge is -2.22. The minimum absolute atomic E-state index is 0.694. The molecule has 1 aliphatic carbocycles. The molecule has 2 aromatic carbocycles. The molecule has 6 heteroatoms. The normalized spacial score (nSPS) is 13.8. The van der Waals surface area contributed by atoms with E-state index in [4.69, 9.17) is 4.98 Å². The second-order valence-electron chi connectivity index (χ2n) is 7.22. The fraction of sp³-hybridized carbons (Fsp3) is 0.182. The van der Waals surface area contributed by atoms with E-state index in [0.717, 1.165) is 59.1 Å². The minimum Gasteiger partial charge on any atom is -0.275 e. The molecule has 28 heavy (non-hydrogen) atoms. The largest absolute Gasteiger partial charge is 0.275 e. The van der Waals surface area contributed by atoms with Gasteiger partial charge in [-0.05, 0) is 55.5 Å². The summed E-state index contributed by atoms with van der Waals surface area (Å²) in [5, 5.41) is 18.8. The molecule has 1 aliphatic rings. The lowest BCUT2D eigenvalue weighted by Crippen LogP contribution is -2.16. The van der Waals surface area contributed by atoms with Crippen molar-refractivity contribution in [3.63, 3.8) is 0 Å². The molecular weight excluding hydrogens is 348 g/mol. The number of fused-ring (bicyclic) bond motifs is 5. The topological polar surface area (TPSA) is 71.8 Å². The summed E-state index contributed by atoms with van der Waals surface area (Å²) in [7, 11) is 0. The predicted molar refractivity (Wildman–Crippen MR) is 106 cm³/mol. The monoisotopic (exact) mass is 364 g/mol. The Balaban J connectivity index is 1.88. The van der Waals surface area contributed by atoms with Crippen molar-refractivity contribution in [2.45, 2.75) is 25.7 Å². The summed E-state index contributed by atoms with van der Waals surface area (Å²) < 4.78 is 4.01. The van der Waals surface area contributed by atoms with Crippen LogP contribution in [0.1, 0.15) is 29.5 Å². The van der Waals surface area contributed by atoms with Crippen molar-refractivity contribution >= 4 is 27.7 Å². The number of nitriles is 1. The highest BCUT2D eigenvalue weighted by molar-refractivity contribution is 5.86. The third-order valence-electron chi connectivity index (χ3n) is 5.70. The van der Waals surface area contributed by atoms with Crippen LogP contribution in [0.3, 0.4) is 0 Å². The first-order chi connectivity index (χ1) is 13.9. The van der Waals surface area contributed by atoms with Crippen LogP contribution in [0, 0.1) is 11.3 Å². The molecule has 0 amide bonds. The van der Waals surface area contributed by atoms with Crippen LogP contribution in [0.5, 0.6) is 0 Å². The fourth-order valence-electron chi connectivity index (χ4n) is 4.47. The standard InChI is InChI=1S/C22H16N6/c23-13-16-14-7-1-2-8-15(14)22(28-20-12-6-4-10-18(20)25-26-28)27-19-11-5-3-9-17(19)24-21(16)27/h3-6,9-12H,1-2,7-8H2. The average molecular weight is 364 g/mol. The van der Waals surface area contributed by atoms with Gasteiger partial charge >= 0.3 is 0 Å². The van der Waals surface area contributed by atoms with Crippen molar-refractivity contribution in [1.82, 2.24) is 24.4 Å². The highest BCUT2D eigenvalue weighted by Gasteiger charge is 2.26. The Morgan fingerprint density at radius 1 is 0.857 bits per heavy atom. The maximum Gasteiger partial charge on any atom is 0.157 e. The highest BCUT2D eigenvalue weighted by atomic mass is 15.5. The molecule has 134 valence electrons. The molecule has 0 unspecified atom stereocenters. The van der Waals surface area contributed by atoms with E-state index >= 15 is 0 Å². The lowest BCUT2D eigenvalue weighted by molar-refractivity contribution is 0.665. The summed E-state index contributed by atoms with van der Waals surface area (Å²) in [5.74, 6) is 0.964. The quantitative estimate of drug-likeness (QED) is 0.451. The molecule has 0 spiro atoms. The third-order valence-corrected chi connectivity index (χ3v) is 5.70. The van der Waals surface area contributed by atoms with Gasteiger partial charge in [-0.3, -0.25) is 4.40 Å². The molecule has 0 saturated carbocycles. The molecule has 0 saturated heterocycles. The Kier molecular flexibility index (Phi) is 3.09. The van der Waals surface area contributed by atoms with Gasteiger partial charge in [0.15, 0.2) is 5.65 Å². The highest BCUT2D eigenvalue weighted by Crippen LogP contribution is 2.35. The molecular formula is C22H16N6. The molecule has 6 rings (SSSR count). The Labute approximate surface area is 160 Å². The van der Waals surface area contributed by atoms with E-state index in [2.05, 4.69) is 20.8 Å². The lowest BCUT2D eigenvalue weighted by atomic mass is 9.89. The minimum atomic E-state index is 0.694. The summed E-state index contributed by atoms with van der Waals surface area (Å²) in [6.07, 6.45) is 4.03. The van der Waals surface area contributed by atoms with Crippen molar-refractivity contribution in [3.05, 3.63) is 65.2 Å². The number of imidazole rings is 1. The predicted octanol–water partition coefficient (Wildman–Crippen LogP) is 3.97. The molecule has 3 heterocycles. The molecule has 0 atom stereocenters. The van der Waals surface area contributed by atoms with Crippen molar-refractivity contribution in [3.8, 4) is 11.9 Å². The number of benzene rings is 2. The smallest absolute Gasteiger partial charge is 0.157 e. The molecule has 0 aliphatic heterocycles. The number of para-hydroxylation sites is 3. The summed E-state index contributed by atoms with van der Waals surface area (Å²) >= 11 is 0. The van der Waals surface area contributed by atoms with Gasteiger partial charge < -0.3 is 0 Å². The van der Waals surface area contributed by atoms with Crippen LogP contribution in [0.25, 0.3) is 33.5 Å². The second-order valence-corrected chi connectivity index (χ2v) is 7.22. The number of aromatic nitrogens is 5. The molecule has 0 fully saturated rings. The third kappa shape index (κ3) is 1.93. The zero-order valence-electron chi connectivity index (χ0n) is 15.1. The van der Waals surface area contributed by atoms with E-state index in [1.54, 1.807) is 0 Å². The maximum atomic E-state index is 9.97. The molecule has 0 radical (unpaired) electrons. The zero-order valence-corrected chi connectivity index (χ0v) is 15.1. The van der Waals surface area contributed by atoms with Crippen LogP contribution in [0.15, 0.2) is 48.5 Å². The first kappa shape index (κ1) is 15.3. The average Bonchev–Trinajstić information content (AvgIpc) is 3.34. The van der Waals surface area contributed by atoms with Crippen LogP contribution < -0.4 is 0 Å². The summed E-state index contributed by atoms with van der Waals surface area (Å²) in [5.41, 5.74) is 7.38. The van der Waals surface area contributed by atoms with Crippen LogP contribution in [-0.2, 0) is 12.8 Å². The van der Waals surface area contributed by atoms with E-state index in [1.165, 1.54) is 5.56 Å². The fourth-order valence-corrected chi connectivity index (χ4v) is 4.47. The van der Waals surface area contributed by atoms with Gasteiger partial charge in [0.05, 0.1) is 22.1 Å². The van der Waals surface area contributed by atoms with Gasteiger partial charge in [-0.15, -0.1) is 5.10 Å². The summed E-state index contributed by atoms with van der Waals surface area (Å²) in [4.78, 5) is 4.82. The van der Waals surface area contributed by atoms with Gasteiger partial charge in [-0.2, -0.15) is 9.94 Å². The Morgan fingerprint density at radius 2 is 1.57 bits per heavy atom. The second kappa shape index (κ2) is 5.64. The van der Waals surface area contributed by atoms with Crippen molar-refractivity contribution < 1.29 is 0 Å². The van der Waals surface area contributed by atoms with Crippen LogP contribution >= 0.6 is 0 Å². The Morgan fingerprint density at radius 3 is 2.39 bits per heavy atom. The van der Waals surface area contributed by atoms with Crippen LogP contribution in [0.4, 0.5) is 0 Å². The molecule has 5 aromatic rings. The van der Waals surface area contributed by atoms with E-state index in [9.17, 15) is 5.26 Å². The van der Waals surface area contributed by atoms with Gasteiger partial charge in [-0.1, -0.05) is 29.5 Å². The number of rotatable bonds is 1. The molecule has 3 aromatic heterocycles. The van der Waals surface area contributed by atoms with Crippen LogP contribution in [0.2, 0.25) is 0 Å². The Hall–Kier alpha value is -3.72. The zero-order chi connectivity index (χ0) is 18.7. The van der Waals surface area contributed by atoms with E-state index in [-0.39, 0.29) is 0 Å². The number of nitrogens with zero attached hydrogens (tertiary/aromatic N) is 6. The van der Waals surface area contributed by atoms with Gasteiger partial charge in [0.1, 0.15) is 17.4 Å². The first-order valence-electron chi connectivity index (χ1n) is 9.52. The van der Waals surface area contributed by atoms with Gasteiger partial charge in [0, 0.05) is 5.56 Å². The molecule has 6 nitrogen and oxygen atoms in total. The van der Waals surface area contributed by atoms with Crippen molar-refractivity contribution in [2.24, 2.45) is 0 Å². The number of hydrogen-bond donors (Lipinski definition) is 0. The SMILES string of the molecule is N#Cc1c2c(c(-n3nnc4ccccc43)n3c1nc1ccccc13)CCCC2. The Bertz CT molecular complexity index is 1430. The van der Waals surface area contributed by atoms with E-state index in [0.29, 0.717) is 11.2 Å². The van der Waals surface area contributed by atoms with Crippen molar-refractivity contribution in [1.29, 1.82) is 5.26 Å². The van der Waals surface area contributed by atoms with Gasteiger partial charge in [-0.25, -0.2) is 4.98 Å². The summed E-state index contributed by atoms with van der Waals surface area (Å²) in [6, 6.07) is 18.4. The first-order valence-corrected chi connectivity index (χ1v) is 9.52. The molecule has 0 bridgehead atoms. The van der Waals surface area contributed by atoms with Crippen molar-refractivity contribution in [2.75, 3.05) is 0 Å². The summed E-state index contributed by atoms with van der Waals surface area (Å²) in [6.45, 7) is 0. The van der Waals surface area contributed by atoms with E-state index < -0.39 is 0 Å². The number of pyridine rings is 1.